The van der Waals surface area contributed by atoms with Crippen molar-refractivity contribution < 1.29 is 9.47 Å². The van der Waals surface area contributed by atoms with Crippen molar-refractivity contribution >= 4 is 68.5 Å². The van der Waals surface area contributed by atoms with Crippen LogP contribution in [0.2, 0.25) is 10.0 Å². The van der Waals surface area contributed by atoms with E-state index in [9.17, 15) is 5.26 Å². The third-order valence-electron chi connectivity index (χ3n) is 4.73. The van der Waals surface area contributed by atoms with E-state index in [0.29, 0.717) is 28.0 Å². The van der Waals surface area contributed by atoms with Crippen molar-refractivity contribution in [3.63, 3.8) is 0 Å². The molecule has 1 heterocycles. The van der Waals surface area contributed by atoms with Crippen LogP contribution in [-0.2, 0) is 6.61 Å². The number of methoxy groups -OCH3 is 1. The molecule has 0 saturated carbocycles. The summed E-state index contributed by atoms with van der Waals surface area (Å²) in [6.07, 6.45) is 1.79. The molecule has 0 atom stereocenters. The minimum atomic E-state index is 0.326. The summed E-state index contributed by atoms with van der Waals surface area (Å²) in [5.74, 6) is 1.95. The highest BCUT2D eigenvalue weighted by atomic mass is 127. The molecule has 0 saturated heterocycles. The van der Waals surface area contributed by atoms with Crippen molar-refractivity contribution in [3.8, 4) is 17.6 Å². The summed E-state index contributed by atoms with van der Waals surface area (Å²) >= 11 is 14.4. The molecule has 0 fully saturated rings. The number of rotatable bonds is 6. The maximum atomic E-state index is 9.69. The largest absolute Gasteiger partial charge is 0.497 e. The van der Waals surface area contributed by atoms with E-state index in [2.05, 4.69) is 38.6 Å². The van der Waals surface area contributed by atoms with Crippen LogP contribution in [0.5, 0.6) is 11.5 Å². The fourth-order valence-corrected chi connectivity index (χ4v) is 4.24. The van der Waals surface area contributed by atoms with Crippen molar-refractivity contribution in [2.45, 2.75) is 6.61 Å². The van der Waals surface area contributed by atoms with Crippen LogP contribution in [-0.4, -0.2) is 17.1 Å². The van der Waals surface area contributed by atoms with Crippen molar-refractivity contribution in [3.05, 3.63) is 85.2 Å². The van der Waals surface area contributed by atoms with Crippen LogP contribution < -0.4 is 9.47 Å². The Morgan fingerprint density at radius 1 is 1.16 bits per heavy atom. The molecule has 0 radical (unpaired) electrons. The van der Waals surface area contributed by atoms with Gasteiger partial charge in [-0.3, -0.25) is 0 Å². The Kier molecular flexibility index (Phi) is 6.89. The molecule has 160 valence electrons. The number of benzene rings is 3. The van der Waals surface area contributed by atoms with Crippen LogP contribution in [0.4, 0.5) is 0 Å². The molecule has 0 aliphatic rings. The Balaban J connectivity index is 1.55. The Labute approximate surface area is 208 Å². The summed E-state index contributed by atoms with van der Waals surface area (Å²) in [6.45, 7) is 0.326. The van der Waals surface area contributed by atoms with E-state index in [1.807, 2.05) is 42.5 Å². The number of H-pyrrole nitrogens is 1. The molecule has 0 amide bonds. The lowest BCUT2D eigenvalue weighted by molar-refractivity contribution is 0.304. The summed E-state index contributed by atoms with van der Waals surface area (Å²) in [7, 11) is 1.61. The molecular formula is C24H16Cl2IN3O2. The summed E-state index contributed by atoms with van der Waals surface area (Å²) in [5, 5.41) is 10.8. The van der Waals surface area contributed by atoms with Gasteiger partial charge in [0.05, 0.1) is 27.3 Å². The summed E-state index contributed by atoms with van der Waals surface area (Å²) < 4.78 is 12.1. The van der Waals surface area contributed by atoms with Gasteiger partial charge in [0.1, 0.15) is 30.0 Å². The molecular weight excluding hydrogens is 560 g/mol. The van der Waals surface area contributed by atoms with Gasteiger partial charge >= 0.3 is 0 Å². The molecule has 4 aromatic rings. The van der Waals surface area contributed by atoms with E-state index >= 15 is 0 Å². The van der Waals surface area contributed by atoms with Crippen molar-refractivity contribution in [1.29, 1.82) is 5.26 Å². The van der Waals surface area contributed by atoms with Gasteiger partial charge in [0.25, 0.3) is 0 Å². The number of imidazole rings is 1. The first-order chi connectivity index (χ1) is 15.5. The van der Waals surface area contributed by atoms with Crippen LogP contribution >= 0.6 is 45.8 Å². The fourth-order valence-electron chi connectivity index (χ4n) is 3.08. The molecule has 1 N–H and O–H groups in total. The average molecular weight is 576 g/mol. The SMILES string of the molecule is COc1ccc2nc(/C(C#N)=C\c3ccc(OCc4ccc(Cl)cc4Cl)c(I)c3)[nH]c2c1. The van der Waals surface area contributed by atoms with E-state index in [4.69, 9.17) is 32.7 Å². The smallest absolute Gasteiger partial charge is 0.149 e. The number of aromatic amines is 1. The van der Waals surface area contributed by atoms with E-state index in [1.54, 1.807) is 25.3 Å². The number of hydrogen-bond acceptors (Lipinski definition) is 4. The summed E-state index contributed by atoms with van der Waals surface area (Å²) in [4.78, 5) is 7.71. The van der Waals surface area contributed by atoms with Crippen LogP contribution in [0.25, 0.3) is 22.7 Å². The number of halogens is 3. The summed E-state index contributed by atoms with van der Waals surface area (Å²) in [5.41, 5.74) is 3.71. The number of nitriles is 1. The molecule has 0 aliphatic carbocycles. The maximum absolute atomic E-state index is 9.69. The first kappa shape index (κ1) is 22.5. The van der Waals surface area contributed by atoms with Gasteiger partial charge in [-0.1, -0.05) is 35.3 Å². The molecule has 1 aromatic heterocycles. The number of ether oxygens (including phenoxy) is 2. The van der Waals surface area contributed by atoms with Crippen LogP contribution in [0.15, 0.2) is 54.6 Å². The molecule has 3 aromatic carbocycles. The number of nitrogens with zero attached hydrogens (tertiary/aromatic N) is 2. The number of nitrogens with one attached hydrogen (secondary N) is 1. The molecule has 32 heavy (non-hydrogen) atoms. The van der Waals surface area contributed by atoms with Gasteiger partial charge in [-0.15, -0.1) is 0 Å². The van der Waals surface area contributed by atoms with E-state index < -0.39 is 0 Å². The van der Waals surface area contributed by atoms with Gasteiger partial charge < -0.3 is 14.5 Å². The Hall–Kier alpha value is -2.73. The Bertz CT molecular complexity index is 1380. The highest BCUT2D eigenvalue weighted by Crippen LogP contribution is 2.28. The monoisotopic (exact) mass is 575 g/mol. The minimum absolute atomic E-state index is 0.326. The zero-order valence-corrected chi connectivity index (χ0v) is 20.5. The second-order valence-electron chi connectivity index (χ2n) is 6.85. The number of allylic oxidation sites excluding steroid dienone is 1. The molecule has 4 rings (SSSR count). The number of aromatic nitrogens is 2. The second kappa shape index (κ2) is 9.82. The first-order valence-electron chi connectivity index (χ1n) is 9.49. The molecule has 0 unspecified atom stereocenters. The van der Waals surface area contributed by atoms with Crippen LogP contribution in [0.3, 0.4) is 0 Å². The molecule has 5 nitrogen and oxygen atoms in total. The topological polar surface area (TPSA) is 70.9 Å². The zero-order valence-electron chi connectivity index (χ0n) is 16.8. The Morgan fingerprint density at radius 2 is 2.00 bits per heavy atom. The molecule has 0 aliphatic heterocycles. The van der Waals surface area contributed by atoms with E-state index in [1.165, 1.54) is 0 Å². The fraction of sp³-hybridized carbons (Fsp3) is 0.0833. The predicted molar refractivity (Wildman–Crippen MR) is 136 cm³/mol. The van der Waals surface area contributed by atoms with Crippen molar-refractivity contribution in [1.82, 2.24) is 9.97 Å². The maximum Gasteiger partial charge on any atom is 0.149 e. The lowest BCUT2D eigenvalue weighted by Gasteiger charge is -2.10. The van der Waals surface area contributed by atoms with Crippen molar-refractivity contribution in [2.75, 3.05) is 7.11 Å². The standard InChI is InChI=1S/C24H16Cl2IN3O2/c1-31-18-5-6-21-22(11-18)30-24(29-21)16(12-28)8-14-2-7-23(20(27)9-14)32-13-15-3-4-17(25)10-19(15)26/h2-11H,13H2,1H3,(H,29,30)/b16-8-. The highest BCUT2D eigenvalue weighted by Gasteiger charge is 2.10. The van der Waals surface area contributed by atoms with Crippen molar-refractivity contribution in [2.24, 2.45) is 0 Å². The van der Waals surface area contributed by atoms with Gasteiger partial charge in [-0.25, -0.2) is 4.98 Å². The first-order valence-corrected chi connectivity index (χ1v) is 11.3. The normalized spacial score (nSPS) is 11.4. The average Bonchev–Trinajstić information content (AvgIpc) is 3.21. The van der Waals surface area contributed by atoms with Gasteiger partial charge in [-0.05, 0) is 70.6 Å². The lowest BCUT2D eigenvalue weighted by Crippen LogP contribution is -1.98. The number of fused-ring (bicyclic) bond motifs is 1. The second-order valence-corrected chi connectivity index (χ2v) is 8.86. The highest BCUT2D eigenvalue weighted by molar-refractivity contribution is 14.1. The molecule has 0 spiro atoms. The Morgan fingerprint density at radius 3 is 2.72 bits per heavy atom. The van der Waals surface area contributed by atoms with E-state index in [0.717, 1.165) is 37.2 Å². The van der Waals surface area contributed by atoms with Gasteiger partial charge in [0, 0.05) is 21.7 Å². The zero-order chi connectivity index (χ0) is 22.7. The summed E-state index contributed by atoms with van der Waals surface area (Å²) in [6, 6.07) is 18.8. The van der Waals surface area contributed by atoms with Crippen LogP contribution in [0, 0.1) is 14.9 Å². The predicted octanol–water partition coefficient (Wildman–Crippen LogP) is 7.13. The molecule has 0 bridgehead atoms. The third kappa shape index (κ3) is 5.01. The van der Waals surface area contributed by atoms with Crippen LogP contribution in [0.1, 0.15) is 17.0 Å². The minimum Gasteiger partial charge on any atom is -0.497 e. The van der Waals surface area contributed by atoms with Gasteiger partial charge in [0.2, 0.25) is 0 Å². The quantitative estimate of drug-likeness (QED) is 0.196. The van der Waals surface area contributed by atoms with E-state index in [-0.39, 0.29) is 0 Å². The lowest BCUT2D eigenvalue weighted by atomic mass is 10.1. The van der Waals surface area contributed by atoms with Gasteiger partial charge in [0.15, 0.2) is 0 Å². The van der Waals surface area contributed by atoms with Gasteiger partial charge in [-0.2, -0.15) is 5.26 Å². The molecule has 8 heteroatoms. The number of hydrogen-bond donors (Lipinski definition) is 1. The third-order valence-corrected chi connectivity index (χ3v) is 6.16.